The first kappa shape index (κ1) is 13.9. The van der Waals surface area contributed by atoms with Crippen LogP contribution in [0.25, 0.3) is 0 Å². The first-order valence-corrected chi connectivity index (χ1v) is 8.14. The number of rotatable bonds is 2. The van der Waals surface area contributed by atoms with E-state index in [1.54, 1.807) is 6.07 Å². The fraction of sp³-hybridized carbons (Fsp3) is 0.588. The maximum atomic E-state index is 12.5. The van der Waals surface area contributed by atoms with Crippen LogP contribution in [0.2, 0.25) is 0 Å². The Kier molecular flexibility index (Phi) is 3.45. The molecule has 4 rings (SSSR count). The standard InChI is InChI=1S/C17H22N2O3/c1-11-10-21-15-3-2-13(7-16(15)22-11)17(20)18-14-6-12-4-5-19(8-12)9-14/h2-3,7,11-12,14H,4-6,8-10H2,1H3,(H,18,20)/t11?,12-,14-/m1/s1. The second kappa shape index (κ2) is 5.47. The Bertz CT molecular complexity index is 577. The van der Waals surface area contributed by atoms with Gasteiger partial charge in [0.1, 0.15) is 12.7 Å². The summed E-state index contributed by atoms with van der Waals surface area (Å²) in [6, 6.07) is 5.69. The Morgan fingerprint density at radius 3 is 3.09 bits per heavy atom. The minimum atomic E-state index is -0.0165. The van der Waals surface area contributed by atoms with Crippen molar-refractivity contribution in [2.45, 2.75) is 31.9 Å². The predicted octanol–water partition coefficient (Wildman–Crippen LogP) is 1.67. The van der Waals surface area contributed by atoms with Crippen molar-refractivity contribution in [3.8, 4) is 11.5 Å². The molecule has 22 heavy (non-hydrogen) atoms. The van der Waals surface area contributed by atoms with Crippen LogP contribution in [-0.2, 0) is 0 Å². The van der Waals surface area contributed by atoms with Crippen LogP contribution < -0.4 is 14.8 Å². The number of hydrogen-bond donors (Lipinski definition) is 1. The molecule has 0 aliphatic carbocycles. The average molecular weight is 302 g/mol. The highest BCUT2D eigenvalue weighted by Crippen LogP contribution is 2.33. The van der Waals surface area contributed by atoms with Crippen LogP contribution in [0.1, 0.15) is 30.1 Å². The molecule has 3 aliphatic rings. The molecule has 5 nitrogen and oxygen atoms in total. The van der Waals surface area contributed by atoms with Gasteiger partial charge in [-0.05, 0) is 50.4 Å². The van der Waals surface area contributed by atoms with Gasteiger partial charge in [0.2, 0.25) is 0 Å². The van der Waals surface area contributed by atoms with Crippen LogP contribution in [0.5, 0.6) is 11.5 Å². The van der Waals surface area contributed by atoms with Crippen LogP contribution in [0.15, 0.2) is 18.2 Å². The van der Waals surface area contributed by atoms with E-state index < -0.39 is 0 Å². The summed E-state index contributed by atoms with van der Waals surface area (Å²) in [5.41, 5.74) is 0.643. The largest absolute Gasteiger partial charge is 0.486 e. The first-order chi connectivity index (χ1) is 10.7. The maximum Gasteiger partial charge on any atom is 0.251 e. The Morgan fingerprint density at radius 1 is 1.32 bits per heavy atom. The number of amides is 1. The molecule has 2 bridgehead atoms. The van der Waals surface area contributed by atoms with Gasteiger partial charge in [0, 0.05) is 24.7 Å². The molecular formula is C17H22N2O3. The number of benzene rings is 1. The van der Waals surface area contributed by atoms with E-state index in [-0.39, 0.29) is 18.1 Å². The lowest BCUT2D eigenvalue weighted by Gasteiger charge is -2.30. The molecule has 0 saturated carbocycles. The summed E-state index contributed by atoms with van der Waals surface area (Å²) >= 11 is 0. The third-order valence-corrected chi connectivity index (χ3v) is 4.81. The van der Waals surface area contributed by atoms with Crippen molar-refractivity contribution in [1.82, 2.24) is 10.2 Å². The lowest BCUT2D eigenvalue weighted by Crippen LogP contribution is -2.47. The van der Waals surface area contributed by atoms with Crippen molar-refractivity contribution in [3.05, 3.63) is 23.8 Å². The van der Waals surface area contributed by atoms with Crippen molar-refractivity contribution in [2.24, 2.45) is 5.92 Å². The summed E-state index contributed by atoms with van der Waals surface area (Å²) in [5.74, 6) is 2.12. The van der Waals surface area contributed by atoms with Gasteiger partial charge in [-0.2, -0.15) is 0 Å². The van der Waals surface area contributed by atoms with Gasteiger partial charge in [-0.25, -0.2) is 0 Å². The summed E-state index contributed by atoms with van der Waals surface area (Å²) in [7, 11) is 0. The molecule has 2 saturated heterocycles. The number of piperidine rings is 1. The van der Waals surface area contributed by atoms with Crippen molar-refractivity contribution in [1.29, 1.82) is 0 Å². The molecule has 118 valence electrons. The van der Waals surface area contributed by atoms with Gasteiger partial charge in [0.05, 0.1) is 0 Å². The number of carbonyl (C=O) groups excluding carboxylic acids is 1. The predicted molar refractivity (Wildman–Crippen MR) is 82.4 cm³/mol. The van der Waals surface area contributed by atoms with Gasteiger partial charge >= 0.3 is 0 Å². The van der Waals surface area contributed by atoms with Crippen molar-refractivity contribution < 1.29 is 14.3 Å². The molecule has 2 fully saturated rings. The SMILES string of the molecule is CC1COc2ccc(C(=O)N[C@@H]3C[C@H]4CCN(C4)C3)cc2O1. The number of carbonyl (C=O) groups is 1. The minimum absolute atomic E-state index is 0.0165. The van der Waals surface area contributed by atoms with Crippen molar-refractivity contribution in [3.63, 3.8) is 0 Å². The van der Waals surface area contributed by atoms with E-state index >= 15 is 0 Å². The Hall–Kier alpha value is -1.75. The lowest BCUT2D eigenvalue weighted by molar-refractivity contribution is 0.0902. The molecule has 1 aromatic carbocycles. The van der Waals surface area contributed by atoms with Crippen LogP contribution >= 0.6 is 0 Å². The van der Waals surface area contributed by atoms with Gasteiger partial charge in [-0.3, -0.25) is 4.79 Å². The number of hydrogen-bond acceptors (Lipinski definition) is 4. The fourth-order valence-electron chi connectivity index (χ4n) is 3.75. The monoisotopic (exact) mass is 302 g/mol. The van der Waals surface area contributed by atoms with Gasteiger partial charge < -0.3 is 19.7 Å². The Labute approximate surface area is 130 Å². The first-order valence-electron chi connectivity index (χ1n) is 8.14. The summed E-state index contributed by atoms with van der Waals surface area (Å²) < 4.78 is 11.3. The maximum absolute atomic E-state index is 12.5. The highest BCUT2D eigenvalue weighted by atomic mass is 16.6. The molecule has 0 spiro atoms. The van der Waals surface area contributed by atoms with Crippen molar-refractivity contribution >= 4 is 5.91 Å². The normalized spacial score (nSPS) is 32.6. The van der Waals surface area contributed by atoms with Crippen LogP contribution in [0, 0.1) is 5.92 Å². The molecule has 3 heterocycles. The van der Waals surface area contributed by atoms with Crippen molar-refractivity contribution in [2.75, 3.05) is 26.2 Å². The molecule has 1 aromatic rings. The topological polar surface area (TPSA) is 50.8 Å². The van der Waals surface area contributed by atoms with Gasteiger partial charge in [0.15, 0.2) is 11.5 Å². The number of ether oxygens (including phenoxy) is 2. The zero-order valence-corrected chi connectivity index (χ0v) is 12.9. The Morgan fingerprint density at radius 2 is 2.23 bits per heavy atom. The number of nitrogens with zero attached hydrogens (tertiary/aromatic N) is 1. The summed E-state index contributed by atoms with van der Waals surface area (Å²) in [4.78, 5) is 14.9. The van der Waals surface area contributed by atoms with E-state index in [9.17, 15) is 4.79 Å². The molecule has 3 aliphatic heterocycles. The highest BCUT2D eigenvalue weighted by Gasteiger charge is 2.33. The Balaban J connectivity index is 1.45. The van der Waals surface area contributed by atoms with E-state index in [0.717, 1.165) is 24.6 Å². The van der Waals surface area contributed by atoms with Crippen LogP contribution in [0.4, 0.5) is 0 Å². The molecule has 0 radical (unpaired) electrons. The van der Waals surface area contributed by atoms with E-state index in [4.69, 9.17) is 9.47 Å². The fourth-order valence-corrected chi connectivity index (χ4v) is 3.75. The quantitative estimate of drug-likeness (QED) is 0.903. The second-order valence-corrected chi connectivity index (χ2v) is 6.72. The molecule has 1 amide bonds. The van der Waals surface area contributed by atoms with E-state index in [1.165, 1.54) is 19.5 Å². The number of nitrogens with one attached hydrogen (secondary N) is 1. The lowest BCUT2D eigenvalue weighted by atomic mass is 9.96. The van der Waals surface area contributed by atoms with E-state index in [0.29, 0.717) is 17.9 Å². The summed E-state index contributed by atoms with van der Waals surface area (Å²) in [5, 5.41) is 3.18. The van der Waals surface area contributed by atoms with Gasteiger partial charge in [-0.1, -0.05) is 0 Å². The van der Waals surface area contributed by atoms with E-state index in [2.05, 4.69) is 10.2 Å². The van der Waals surface area contributed by atoms with Gasteiger partial charge in [0.25, 0.3) is 5.91 Å². The van der Waals surface area contributed by atoms with E-state index in [1.807, 2.05) is 19.1 Å². The number of fused-ring (bicyclic) bond motifs is 3. The highest BCUT2D eigenvalue weighted by molar-refractivity contribution is 5.95. The molecule has 2 unspecified atom stereocenters. The molecular weight excluding hydrogens is 280 g/mol. The van der Waals surface area contributed by atoms with Crippen LogP contribution in [-0.4, -0.2) is 49.2 Å². The van der Waals surface area contributed by atoms with Crippen LogP contribution in [0.3, 0.4) is 0 Å². The minimum Gasteiger partial charge on any atom is -0.486 e. The molecule has 4 atom stereocenters. The zero-order valence-electron chi connectivity index (χ0n) is 12.9. The summed E-state index contributed by atoms with van der Waals surface area (Å²) in [6.07, 6.45) is 2.39. The molecule has 0 aromatic heterocycles. The molecule has 5 heteroatoms. The third-order valence-electron chi connectivity index (χ3n) is 4.81. The summed E-state index contributed by atoms with van der Waals surface area (Å²) in [6.45, 7) is 5.87. The smallest absolute Gasteiger partial charge is 0.251 e. The third kappa shape index (κ3) is 2.65. The molecule has 1 N–H and O–H groups in total. The zero-order chi connectivity index (χ0) is 15.1. The average Bonchev–Trinajstić information content (AvgIpc) is 2.85. The second-order valence-electron chi connectivity index (χ2n) is 6.72. The van der Waals surface area contributed by atoms with Gasteiger partial charge in [-0.15, -0.1) is 0 Å².